The molecule has 0 saturated carbocycles. The molecule has 1 atom stereocenters. The largest absolute Gasteiger partial charge is 0.497 e. The third kappa shape index (κ3) is 2.38. The zero-order valence-corrected chi connectivity index (χ0v) is 11.9. The highest BCUT2D eigenvalue weighted by atomic mass is 35.5. The third-order valence-electron chi connectivity index (χ3n) is 3.30. The molecule has 1 aliphatic rings. The van der Waals surface area contributed by atoms with Crippen molar-refractivity contribution in [1.29, 1.82) is 0 Å². The van der Waals surface area contributed by atoms with Crippen LogP contribution < -0.4 is 9.47 Å². The quantitative estimate of drug-likeness (QED) is 0.645. The monoisotopic (exact) mass is 302 g/mol. The van der Waals surface area contributed by atoms with Crippen LogP contribution in [-0.4, -0.2) is 24.8 Å². The summed E-state index contributed by atoms with van der Waals surface area (Å²) in [4.78, 5) is 24.6. The summed E-state index contributed by atoms with van der Waals surface area (Å²) in [5, 5.41) is 0.434. The van der Waals surface area contributed by atoms with Gasteiger partial charge in [-0.05, 0) is 42.5 Å². The molecule has 2 aromatic rings. The highest BCUT2D eigenvalue weighted by Gasteiger charge is 2.38. The molecule has 0 aromatic heterocycles. The summed E-state index contributed by atoms with van der Waals surface area (Å²) in [6.45, 7) is 0. The van der Waals surface area contributed by atoms with Crippen molar-refractivity contribution in [1.82, 2.24) is 0 Å². The Morgan fingerprint density at radius 3 is 2.57 bits per heavy atom. The van der Waals surface area contributed by atoms with E-state index in [4.69, 9.17) is 21.1 Å². The number of carbonyl (C=O) groups is 2. The highest BCUT2D eigenvalue weighted by Crippen LogP contribution is 2.32. The van der Waals surface area contributed by atoms with E-state index in [1.807, 2.05) is 0 Å². The Balaban J connectivity index is 1.88. The van der Waals surface area contributed by atoms with Crippen LogP contribution in [0.3, 0.4) is 0 Å². The average molecular weight is 303 g/mol. The Morgan fingerprint density at radius 1 is 1.19 bits per heavy atom. The molecule has 0 aliphatic carbocycles. The molecule has 0 bridgehead atoms. The zero-order valence-electron chi connectivity index (χ0n) is 11.1. The van der Waals surface area contributed by atoms with Crippen molar-refractivity contribution in [3.8, 4) is 11.5 Å². The summed E-state index contributed by atoms with van der Waals surface area (Å²) in [5.41, 5.74) is 0.738. The smallest absolute Gasteiger partial charge is 0.224 e. The Labute approximate surface area is 126 Å². The molecule has 0 amide bonds. The fourth-order valence-corrected chi connectivity index (χ4v) is 2.37. The number of Topliss-reactive ketones (excluding diaryl/α,β-unsaturated/α-hetero) is 2. The number of methoxy groups -OCH3 is 1. The van der Waals surface area contributed by atoms with Crippen molar-refractivity contribution < 1.29 is 19.1 Å². The zero-order chi connectivity index (χ0) is 15.0. The number of ether oxygens (including phenoxy) is 2. The summed E-state index contributed by atoms with van der Waals surface area (Å²) in [6.07, 6.45) is -1.15. The Hall–Kier alpha value is -2.33. The number of carbonyl (C=O) groups excluding carboxylic acids is 2. The third-order valence-corrected chi connectivity index (χ3v) is 3.54. The first-order valence-corrected chi connectivity index (χ1v) is 6.66. The summed E-state index contributed by atoms with van der Waals surface area (Å²) in [6, 6.07) is 11.3. The lowest BCUT2D eigenvalue weighted by molar-refractivity contribution is 0.0720. The molecule has 0 N–H and O–H groups in total. The minimum atomic E-state index is -1.15. The molecule has 0 radical (unpaired) electrons. The first-order valence-electron chi connectivity index (χ1n) is 6.29. The van der Waals surface area contributed by atoms with Gasteiger partial charge in [0.1, 0.15) is 11.5 Å². The van der Waals surface area contributed by atoms with Gasteiger partial charge in [-0.25, -0.2) is 0 Å². The lowest BCUT2D eigenvalue weighted by atomic mass is 10.0. The van der Waals surface area contributed by atoms with Gasteiger partial charge in [0.15, 0.2) is 0 Å². The molecule has 5 heteroatoms. The Morgan fingerprint density at radius 2 is 1.90 bits per heavy atom. The second kappa shape index (κ2) is 5.22. The topological polar surface area (TPSA) is 52.6 Å². The fourth-order valence-electron chi connectivity index (χ4n) is 2.20. The van der Waals surface area contributed by atoms with E-state index in [-0.39, 0.29) is 11.6 Å². The molecule has 21 heavy (non-hydrogen) atoms. The normalized spacial score (nSPS) is 16.3. The molecule has 3 rings (SSSR count). The molecule has 1 heterocycles. The van der Waals surface area contributed by atoms with Gasteiger partial charge in [-0.3, -0.25) is 9.59 Å². The molecule has 1 unspecified atom stereocenters. The molecular formula is C16H11ClO4. The van der Waals surface area contributed by atoms with Crippen LogP contribution in [0.1, 0.15) is 20.7 Å². The van der Waals surface area contributed by atoms with Crippen molar-refractivity contribution in [2.24, 2.45) is 0 Å². The van der Waals surface area contributed by atoms with Gasteiger partial charge in [-0.1, -0.05) is 11.6 Å². The van der Waals surface area contributed by atoms with Gasteiger partial charge in [0, 0.05) is 10.6 Å². The highest BCUT2D eigenvalue weighted by molar-refractivity contribution is 6.31. The van der Waals surface area contributed by atoms with E-state index in [1.54, 1.807) is 43.5 Å². The van der Waals surface area contributed by atoms with Crippen LogP contribution in [0, 0.1) is 0 Å². The van der Waals surface area contributed by atoms with Crippen molar-refractivity contribution in [2.75, 3.05) is 7.11 Å². The van der Waals surface area contributed by atoms with Crippen LogP contribution in [0.4, 0.5) is 0 Å². The number of halogens is 1. The molecule has 0 spiro atoms. The average Bonchev–Trinajstić information content (AvgIpc) is 2.83. The standard InChI is InChI=1S/C16H11ClO4/c1-20-11-5-2-9(3-6-11)14(18)16-15(19)12-8-10(17)4-7-13(12)21-16/h2-8,16H,1H3. The minimum Gasteiger partial charge on any atom is -0.497 e. The molecular weight excluding hydrogens is 292 g/mol. The maximum absolute atomic E-state index is 12.4. The molecule has 0 saturated heterocycles. The lowest BCUT2D eigenvalue weighted by Gasteiger charge is -2.08. The molecule has 2 aromatic carbocycles. The van der Waals surface area contributed by atoms with Gasteiger partial charge in [-0.2, -0.15) is 0 Å². The van der Waals surface area contributed by atoms with E-state index >= 15 is 0 Å². The van der Waals surface area contributed by atoms with Gasteiger partial charge >= 0.3 is 0 Å². The van der Waals surface area contributed by atoms with Gasteiger partial charge in [0.05, 0.1) is 12.7 Å². The van der Waals surface area contributed by atoms with Crippen molar-refractivity contribution in [3.05, 3.63) is 58.6 Å². The van der Waals surface area contributed by atoms with Gasteiger partial charge in [0.25, 0.3) is 0 Å². The number of ketones is 2. The minimum absolute atomic E-state index is 0.342. The van der Waals surface area contributed by atoms with Gasteiger partial charge in [-0.15, -0.1) is 0 Å². The van der Waals surface area contributed by atoms with Crippen LogP contribution in [0.5, 0.6) is 11.5 Å². The fraction of sp³-hybridized carbons (Fsp3) is 0.125. The first-order chi connectivity index (χ1) is 10.1. The number of hydrogen-bond donors (Lipinski definition) is 0. The van der Waals surface area contributed by atoms with E-state index in [0.29, 0.717) is 27.6 Å². The van der Waals surface area contributed by atoms with E-state index in [1.165, 1.54) is 6.07 Å². The van der Waals surface area contributed by atoms with Crippen LogP contribution in [0.2, 0.25) is 5.02 Å². The van der Waals surface area contributed by atoms with Gasteiger partial charge in [0.2, 0.25) is 17.7 Å². The van der Waals surface area contributed by atoms with E-state index in [0.717, 1.165) is 0 Å². The number of benzene rings is 2. The van der Waals surface area contributed by atoms with E-state index < -0.39 is 6.10 Å². The maximum atomic E-state index is 12.4. The molecule has 0 fully saturated rings. The first kappa shape index (κ1) is 13.6. The van der Waals surface area contributed by atoms with E-state index in [9.17, 15) is 9.59 Å². The van der Waals surface area contributed by atoms with Crippen LogP contribution in [-0.2, 0) is 0 Å². The van der Waals surface area contributed by atoms with Crippen molar-refractivity contribution in [3.63, 3.8) is 0 Å². The molecule has 1 aliphatic heterocycles. The summed E-state index contributed by atoms with van der Waals surface area (Å²) >= 11 is 5.86. The second-order valence-corrected chi connectivity index (χ2v) is 5.03. The predicted octanol–water partition coefficient (Wildman–Crippen LogP) is 3.18. The number of fused-ring (bicyclic) bond motifs is 1. The maximum Gasteiger partial charge on any atom is 0.224 e. The van der Waals surface area contributed by atoms with Crippen LogP contribution in [0.15, 0.2) is 42.5 Å². The van der Waals surface area contributed by atoms with Crippen LogP contribution >= 0.6 is 11.6 Å². The van der Waals surface area contributed by atoms with Crippen molar-refractivity contribution >= 4 is 23.2 Å². The van der Waals surface area contributed by atoms with Crippen molar-refractivity contribution in [2.45, 2.75) is 6.10 Å². The SMILES string of the molecule is COc1ccc(C(=O)C2Oc3ccc(Cl)cc3C2=O)cc1. The second-order valence-electron chi connectivity index (χ2n) is 4.60. The Bertz CT molecular complexity index is 722. The summed E-state index contributed by atoms with van der Waals surface area (Å²) in [5.74, 6) is 0.278. The summed E-state index contributed by atoms with van der Waals surface area (Å²) in [7, 11) is 1.54. The Kier molecular flexibility index (Phi) is 3.39. The number of hydrogen-bond acceptors (Lipinski definition) is 4. The van der Waals surface area contributed by atoms with E-state index in [2.05, 4.69) is 0 Å². The van der Waals surface area contributed by atoms with Gasteiger partial charge < -0.3 is 9.47 Å². The predicted molar refractivity (Wildman–Crippen MR) is 77.5 cm³/mol. The lowest BCUT2D eigenvalue weighted by Crippen LogP contribution is -2.30. The number of rotatable bonds is 3. The molecule has 4 nitrogen and oxygen atoms in total. The van der Waals surface area contributed by atoms with Crippen LogP contribution in [0.25, 0.3) is 0 Å². The molecule has 106 valence electrons. The summed E-state index contributed by atoms with van der Waals surface area (Å²) < 4.78 is 10.5.